The van der Waals surface area contributed by atoms with E-state index in [0.29, 0.717) is 6.42 Å². The summed E-state index contributed by atoms with van der Waals surface area (Å²) < 4.78 is 1.78. The molecule has 0 aliphatic rings. The lowest BCUT2D eigenvalue weighted by Gasteiger charge is -2.27. The van der Waals surface area contributed by atoms with Crippen molar-refractivity contribution in [2.45, 2.75) is 51.2 Å². The molecule has 0 aliphatic carbocycles. The molecular weight excluding hydrogens is 396 g/mol. The molecule has 9 heteroatoms. The second kappa shape index (κ2) is 11.3. The zero-order valence-electron chi connectivity index (χ0n) is 18.2. The third-order valence-electron chi connectivity index (χ3n) is 5.42. The molecule has 6 N–H and O–H groups in total. The number of amides is 3. The van der Waals surface area contributed by atoms with Crippen molar-refractivity contribution in [2.24, 2.45) is 24.4 Å². The van der Waals surface area contributed by atoms with Crippen LogP contribution in [0.3, 0.4) is 0 Å². The Kier molecular flexibility index (Phi) is 8.75. The Bertz CT molecular complexity index is 882. The number of carbonyl (C=O) groups is 3. The minimum Gasteiger partial charge on any atom is -0.368 e. The number of imidazole rings is 1. The maximum absolute atomic E-state index is 13.0. The summed E-state index contributed by atoms with van der Waals surface area (Å²) >= 11 is 0. The topological polar surface area (TPSA) is 145 Å². The van der Waals surface area contributed by atoms with Crippen molar-refractivity contribution in [1.82, 2.24) is 20.2 Å². The Balaban J connectivity index is 2.07. The van der Waals surface area contributed by atoms with Crippen LogP contribution in [0.1, 0.15) is 31.5 Å². The lowest BCUT2D eigenvalue weighted by Crippen LogP contribution is -2.58. The lowest BCUT2D eigenvalue weighted by molar-refractivity contribution is -0.132. The normalized spacial score (nSPS) is 14.8. The highest BCUT2D eigenvalue weighted by Gasteiger charge is 2.30. The van der Waals surface area contributed by atoms with E-state index in [4.69, 9.17) is 11.5 Å². The predicted molar refractivity (Wildman–Crippen MR) is 118 cm³/mol. The highest BCUT2D eigenvalue weighted by atomic mass is 16.2. The molecule has 2 rings (SSSR count). The molecule has 0 unspecified atom stereocenters. The fourth-order valence-electron chi connectivity index (χ4n) is 3.20. The molecule has 1 heterocycles. The molecule has 0 radical (unpaired) electrons. The molecule has 0 bridgehead atoms. The van der Waals surface area contributed by atoms with E-state index < -0.39 is 35.8 Å². The van der Waals surface area contributed by atoms with Gasteiger partial charge >= 0.3 is 0 Å². The summed E-state index contributed by atoms with van der Waals surface area (Å²) in [5.41, 5.74) is 13.3. The van der Waals surface area contributed by atoms with Crippen LogP contribution in [0.25, 0.3) is 0 Å². The quantitative estimate of drug-likeness (QED) is 0.399. The first-order valence-corrected chi connectivity index (χ1v) is 10.4. The van der Waals surface area contributed by atoms with E-state index in [-0.39, 0.29) is 18.8 Å². The zero-order chi connectivity index (χ0) is 23.0. The van der Waals surface area contributed by atoms with Gasteiger partial charge in [-0.15, -0.1) is 0 Å². The fraction of sp³-hybridized carbons (Fsp3) is 0.455. The number of carbonyl (C=O) groups excluding carboxylic acids is 3. The molecule has 0 spiro atoms. The van der Waals surface area contributed by atoms with Crippen LogP contribution in [-0.2, 0) is 34.3 Å². The maximum atomic E-state index is 13.0. The standard InChI is InChI=1S/C22H32N6O3/c1-4-14(2)19(27-21(30)17(23)11-16-12-25-13-28(16)3)22(31)26-18(20(24)29)10-15-8-6-5-7-9-15/h5-9,12-14,17-19H,4,10-11,23H2,1-3H3,(H2,24,29)(H,26,31)(H,27,30)/t14-,17-,18-,19-/m0/s1. The van der Waals surface area contributed by atoms with E-state index in [2.05, 4.69) is 15.6 Å². The molecule has 0 saturated carbocycles. The van der Waals surface area contributed by atoms with Gasteiger partial charge in [0.2, 0.25) is 17.7 Å². The minimum atomic E-state index is -0.888. The molecular formula is C22H32N6O3. The van der Waals surface area contributed by atoms with Gasteiger partial charge in [0.05, 0.1) is 12.4 Å². The molecule has 1 aromatic heterocycles. The van der Waals surface area contributed by atoms with Crippen molar-refractivity contribution >= 4 is 17.7 Å². The number of primary amides is 1. The van der Waals surface area contributed by atoms with Crippen LogP contribution in [-0.4, -0.2) is 45.4 Å². The smallest absolute Gasteiger partial charge is 0.243 e. The molecule has 4 atom stereocenters. The number of nitrogens with two attached hydrogens (primary N) is 2. The molecule has 1 aromatic carbocycles. The Morgan fingerprint density at radius 2 is 1.77 bits per heavy atom. The Morgan fingerprint density at radius 3 is 2.32 bits per heavy atom. The number of benzene rings is 1. The Morgan fingerprint density at radius 1 is 1.10 bits per heavy atom. The molecule has 2 aromatic rings. The van der Waals surface area contributed by atoms with Gasteiger partial charge in [0.1, 0.15) is 12.1 Å². The summed E-state index contributed by atoms with van der Waals surface area (Å²) in [6, 6.07) is 6.70. The minimum absolute atomic E-state index is 0.168. The van der Waals surface area contributed by atoms with E-state index in [1.165, 1.54) is 0 Å². The van der Waals surface area contributed by atoms with E-state index in [1.807, 2.05) is 51.2 Å². The first-order chi connectivity index (χ1) is 14.7. The van der Waals surface area contributed by atoms with Gasteiger partial charge in [-0.05, 0) is 11.5 Å². The Labute approximate surface area is 182 Å². The van der Waals surface area contributed by atoms with Crippen molar-refractivity contribution in [3.05, 3.63) is 54.1 Å². The van der Waals surface area contributed by atoms with Crippen LogP contribution in [0.4, 0.5) is 0 Å². The second-order valence-corrected chi connectivity index (χ2v) is 7.83. The average Bonchev–Trinajstić information content (AvgIpc) is 3.15. The summed E-state index contributed by atoms with van der Waals surface area (Å²) in [4.78, 5) is 41.6. The van der Waals surface area contributed by atoms with Crippen LogP contribution >= 0.6 is 0 Å². The molecule has 0 fully saturated rings. The summed E-state index contributed by atoms with van der Waals surface area (Å²) in [5, 5.41) is 5.45. The molecule has 0 saturated heterocycles. The molecule has 9 nitrogen and oxygen atoms in total. The summed E-state index contributed by atoms with van der Waals surface area (Å²) in [5.74, 6) is -1.71. The number of hydrogen-bond acceptors (Lipinski definition) is 5. The van der Waals surface area contributed by atoms with Gasteiger partial charge in [-0.3, -0.25) is 14.4 Å². The number of rotatable bonds is 11. The van der Waals surface area contributed by atoms with Gasteiger partial charge in [0.15, 0.2) is 0 Å². The molecule has 31 heavy (non-hydrogen) atoms. The van der Waals surface area contributed by atoms with Crippen molar-refractivity contribution in [3.8, 4) is 0 Å². The largest absolute Gasteiger partial charge is 0.368 e. The number of aromatic nitrogens is 2. The second-order valence-electron chi connectivity index (χ2n) is 7.83. The van der Waals surface area contributed by atoms with Crippen LogP contribution in [0.15, 0.2) is 42.9 Å². The van der Waals surface area contributed by atoms with Gasteiger partial charge in [-0.2, -0.15) is 0 Å². The van der Waals surface area contributed by atoms with Crippen molar-refractivity contribution in [3.63, 3.8) is 0 Å². The van der Waals surface area contributed by atoms with Crippen LogP contribution in [0.2, 0.25) is 0 Å². The van der Waals surface area contributed by atoms with Gasteiger partial charge in [0, 0.05) is 31.8 Å². The number of nitrogens with zero attached hydrogens (tertiary/aromatic N) is 2. The number of hydrogen-bond donors (Lipinski definition) is 4. The van der Waals surface area contributed by atoms with E-state index in [0.717, 1.165) is 11.3 Å². The third kappa shape index (κ3) is 6.92. The van der Waals surface area contributed by atoms with Crippen LogP contribution in [0.5, 0.6) is 0 Å². The highest BCUT2D eigenvalue weighted by molar-refractivity contribution is 5.93. The average molecular weight is 429 g/mol. The van der Waals surface area contributed by atoms with Crippen molar-refractivity contribution < 1.29 is 14.4 Å². The summed E-state index contributed by atoms with van der Waals surface area (Å²) in [7, 11) is 1.82. The monoisotopic (exact) mass is 428 g/mol. The van der Waals surface area contributed by atoms with Crippen molar-refractivity contribution in [1.29, 1.82) is 0 Å². The lowest BCUT2D eigenvalue weighted by atomic mass is 9.96. The van der Waals surface area contributed by atoms with E-state index in [9.17, 15) is 14.4 Å². The van der Waals surface area contributed by atoms with Crippen LogP contribution in [0, 0.1) is 5.92 Å². The SMILES string of the molecule is CC[C@H](C)[C@H](NC(=O)[C@@H](N)Cc1cncn1C)C(=O)N[C@@H](Cc1ccccc1)C(N)=O. The molecule has 0 aliphatic heterocycles. The highest BCUT2D eigenvalue weighted by Crippen LogP contribution is 2.11. The first kappa shape index (κ1) is 24.1. The maximum Gasteiger partial charge on any atom is 0.243 e. The van der Waals surface area contributed by atoms with Gasteiger partial charge < -0.3 is 26.7 Å². The predicted octanol–water partition coefficient (Wildman–Crippen LogP) is 0.0336. The molecule has 168 valence electrons. The van der Waals surface area contributed by atoms with E-state index in [1.54, 1.807) is 17.1 Å². The summed E-state index contributed by atoms with van der Waals surface area (Å²) in [6.45, 7) is 3.77. The fourth-order valence-corrected chi connectivity index (χ4v) is 3.20. The summed E-state index contributed by atoms with van der Waals surface area (Å²) in [6.07, 6.45) is 4.48. The molecule has 3 amide bonds. The number of nitrogens with one attached hydrogen (secondary N) is 2. The van der Waals surface area contributed by atoms with Crippen molar-refractivity contribution in [2.75, 3.05) is 0 Å². The zero-order valence-corrected chi connectivity index (χ0v) is 18.2. The van der Waals surface area contributed by atoms with E-state index >= 15 is 0 Å². The third-order valence-corrected chi connectivity index (χ3v) is 5.42. The number of aryl methyl sites for hydroxylation is 1. The van der Waals surface area contributed by atoms with Crippen LogP contribution < -0.4 is 22.1 Å². The first-order valence-electron chi connectivity index (χ1n) is 10.4. The van der Waals surface area contributed by atoms with Gasteiger partial charge in [-0.25, -0.2) is 4.98 Å². The van der Waals surface area contributed by atoms with Gasteiger partial charge in [-0.1, -0.05) is 50.6 Å². The Hall–Kier alpha value is -3.20. The van der Waals surface area contributed by atoms with Gasteiger partial charge in [0.25, 0.3) is 0 Å².